The highest BCUT2D eigenvalue weighted by Gasteiger charge is 2.30. The van der Waals surface area contributed by atoms with Crippen molar-refractivity contribution in [1.29, 1.82) is 0 Å². The van der Waals surface area contributed by atoms with E-state index >= 15 is 0 Å². The minimum atomic E-state index is -3.43. The minimum absolute atomic E-state index is 0.463. The summed E-state index contributed by atoms with van der Waals surface area (Å²) in [6.45, 7) is 1.45. The number of likely N-dealkylation sites (tertiary alicyclic amines) is 1. The first-order valence-electron chi connectivity index (χ1n) is 4.54. The first-order valence-corrected chi connectivity index (χ1v) is 6.25. The Hall–Kier alpha value is -0.620. The summed E-state index contributed by atoms with van der Waals surface area (Å²) in [6, 6.07) is 0. The van der Waals surface area contributed by atoms with E-state index in [-0.39, 0.29) is 0 Å². The zero-order valence-corrected chi connectivity index (χ0v) is 8.96. The molecule has 1 N–H and O–H groups in total. The maximum absolute atomic E-state index is 11.5. The van der Waals surface area contributed by atoms with Crippen molar-refractivity contribution < 1.29 is 18.3 Å². The van der Waals surface area contributed by atoms with Crippen LogP contribution in [0.2, 0.25) is 0 Å². The zero-order chi connectivity index (χ0) is 10.8. The highest BCUT2D eigenvalue weighted by Crippen LogP contribution is 2.17. The average molecular weight is 221 g/mol. The predicted molar refractivity (Wildman–Crippen MR) is 51.9 cm³/mol. The van der Waals surface area contributed by atoms with Gasteiger partial charge in [-0.1, -0.05) is 0 Å². The standard InChI is InChI=1S/C8H15NO4S/c1-9-4-2-7(3-5-9)14(12,13)6-8(10)11/h7H,2-6H2,1H3,(H,10,11). The first kappa shape index (κ1) is 11.5. The van der Waals surface area contributed by atoms with Gasteiger partial charge in [-0.3, -0.25) is 4.79 Å². The summed E-state index contributed by atoms with van der Waals surface area (Å²) in [6.07, 6.45) is 1.10. The number of hydrogen-bond donors (Lipinski definition) is 1. The summed E-state index contributed by atoms with van der Waals surface area (Å²) in [5.74, 6) is -1.99. The van der Waals surface area contributed by atoms with E-state index in [0.29, 0.717) is 12.8 Å². The predicted octanol–water partition coefficient (Wildman–Crippen LogP) is -0.420. The molecular weight excluding hydrogens is 206 g/mol. The summed E-state index contributed by atoms with van der Waals surface area (Å²) >= 11 is 0. The maximum atomic E-state index is 11.5. The van der Waals surface area contributed by atoms with Crippen LogP contribution in [0.15, 0.2) is 0 Å². The van der Waals surface area contributed by atoms with E-state index in [4.69, 9.17) is 5.11 Å². The molecule has 82 valence electrons. The van der Waals surface area contributed by atoms with Gasteiger partial charge in [0, 0.05) is 0 Å². The second-order valence-electron chi connectivity index (χ2n) is 3.70. The topological polar surface area (TPSA) is 74.7 Å². The molecule has 0 saturated carbocycles. The third kappa shape index (κ3) is 2.95. The van der Waals surface area contributed by atoms with Gasteiger partial charge in [-0.15, -0.1) is 0 Å². The quantitative estimate of drug-likeness (QED) is 0.700. The second-order valence-corrected chi connectivity index (χ2v) is 5.98. The number of sulfone groups is 1. The Morgan fingerprint density at radius 3 is 2.36 bits per heavy atom. The van der Waals surface area contributed by atoms with Gasteiger partial charge in [0.2, 0.25) is 0 Å². The summed E-state index contributed by atoms with van der Waals surface area (Å²) in [5.41, 5.74) is 0. The lowest BCUT2D eigenvalue weighted by atomic mass is 10.1. The number of carbonyl (C=O) groups is 1. The van der Waals surface area contributed by atoms with Crippen LogP contribution < -0.4 is 0 Å². The maximum Gasteiger partial charge on any atom is 0.318 e. The molecule has 1 aliphatic heterocycles. The molecule has 0 radical (unpaired) electrons. The molecule has 0 aromatic heterocycles. The molecule has 0 aliphatic carbocycles. The number of carboxylic acid groups (broad SMARTS) is 1. The summed E-state index contributed by atoms with van der Waals surface area (Å²) in [4.78, 5) is 12.4. The number of nitrogens with zero attached hydrogens (tertiary/aromatic N) is 1. The van der Waals surface area contributed by atoms with E-state index in [2.05, 4.69) is 0 Å². The fourth-order valence-electron chi connectivity index (χ4n) is 1.63. The molecule has 0 atom stereocenters. The Kier molecular flexibility index (Phi) is 3.49. The lowest BCUT2D eigenvalue weighted by molar-refractivity contribution is -0.134. The Morgan fingerprint density at radius 1 is 1.43 bits per heavy atom. The van der Waals surface area contributed by atoms with Crippen LogP contribution >= 0.6 is 0 Å². The van der Waals surface area contributed by atoms with E-state index in [1.807, 2.05) is 11.9 Å². The fourth-order valence-corrected chi connectivity index (χ4v) is 3.14. The van der Waals surface area contributed by atoms with Crippen molar-refractivity contribution in [2.24, 2.45) is 0 Å². The molecule has 14 heavy (non-hydrogen) atoms. The van der Waals surface area contributed by atoms with Crippen LogP contribution in [-0.2, 0) is 14.6 Å². The highest BCUT2D eigenvalue weighted by atomic mass is 32.2. The number of rotatable bonds is 3. The van der Waals surface area contributed by atoms with E-state index in [0.717, 1.165) is 13.1 Å². The normalized spacial score (nSPS) is 20.9. The molecule has 1 heterocycles. The molecule has 0 spiro atoms. The molecule has 0 unspecified atom stereocenters. The third-order valence-corrected chi connectivity index (χ3v) is 4.63. The summed E-state index contributed by atoms with van der Waals surface area (Å²) in [7, 11) is -1.50. The van der Waals surface area contributed by atoms with Crippen molar-refractivity contribution in [3.8, 4) is 0 Å². The van der Waals surface area contributed by atoms with Crippen LogP contribution in [0, 0.1) is 0 Å². The van der Waals surface area contributed by atoms with Crippen molar-refractivity contribution in [3.05, 3.63) is 0 Å². The van der Waals surface area contributed by atoms with Crippen molar-refractivity contribution in [2.75, 3.05) is 25.9 Å². The molecule has 1 rings (SSSR count). The van der Waals surface area contributed by atoms with Crippen LogP contribution in [0.3, 0.4) is 0 Å². The van der Waals surface area contributed by atoms with Gasteiger partial charge in [0.25, 0.3) is 0 Å². The van der Waals surface area contributed by atoms with Gasteiger partial charge in [0.1, 0.15) is 5.75 Å². The number of hydrogen-bond acceptors (Lipinski definition) is 4. The molecule has 5 nitrogen and oxygen atoms in total. The average Bonchev–Trinajstić information content (AvgIpc) is 2.02. The largest absolute Gasteiger partial charge is 0.480 e. The van der Waals surface area contributed by atoms with Gasteiger partial charge in [0.05, 0.1) is 5.25 Å². The van der Waals surface area contributed by atoms with Gasteiger partial charge in [-0.05, 0) is 33.0 Å². The monoisotopic (exact) mass is 221 g/mol. The van der Waals surface area contributed by atoms with Gasteiger partial charge < -0.3 is 10.0 Å². The highest BCUT2D eigenvalue weighted by molar-refractivity contribution is 7.92. The molecule has 0 amide bonds. The molecule has 0 aromatic carbocycles. The minimum Gasteiger partial charge on any atom is -0.480 e. The fraction of sp³-hybridized carbons (Fsp3) is 0.875. The molecule has 1 saturated heterocycles. The van der Waals surface area contributed by atoms with Gasteiger partial charge in [-0.25, -0.2) is 8.42 Å². The van der Waals surface area contributed by atoms with Crippen molar-refractivity contribution in [1.82, 2.24) is 4.90 Å². The van der Waals surface area contributed by atoms with Crippen molar-refractivity contribution >= 4 is 15.8 Å². The summed E-state index contributed by atoms with van der Waals surface area (Å²) in [5, 5.41) is 7.98. The number of aliphatic carboxylic acids is 1. The van der Waals surface area contributed by atoms with E-state index in [9.17, 15) is 13.2 Å². The Bertz CT molecular complexity index is 303. The SMILES string of the molecule is CN1CCC(S(=O)(=O)CC(=O)O)CC1. The molecule has 0 aromatic rings. The first-order chi connectivity index (χ1) is 6.42. The third-order valence-electron chi connectivity index (χ3n) is 2.50. The number of piperidine rings is 1. The number of carboxylic acids is 1. The zero-order valence-electron chi connectivity index (χ0n) is 8.14. The Balaban J connectivity index is 2.60. The molecule has 1 fully saturated rings. The smallest absolute Gasteiger partial charge is 0.318 e. The molecule has 6 heteroatoms. The van der Waals surface area contributed by atoms with Crippen LogP contribution in [0.4, 0.5) is 0 Å². The van der Waals surface area contributed by atoms with Crippen LogP contribution in [-0.4, -0.2) is 55.5 Å². The van der Waals surface area contributed by atoms with E-state index < -0.39 is 26.8 Å². The van der Waals surface area contributed by atoms with Crippen LogP contribution in [0.25, 0.3) is 0 Å². The Labute approximate surface area is 83.6 Å². The van der Waals surface area contributed by atoms with Crippen LogP contribution in [0.5, 0.6) is 0 Å². The van der Waals surface area contributed by atoms with Gasteiger partial charge in [-0.2, -0.15) is 0 Å². The Morgan fingerprint density at radius 2 is 1.93 bits per heavy atom. The van der Waals surface area contributed by atoms with Gasteiger partial charge >= 0.3 is 5.97 Å². The molecule has 1 aliphatic rings. The lowest BCUT2D eigenvalue weighted by Gasteiger charge is -2.28. The van der Waals surface area contributed by atoms with Crippen LogP contribution in [0.1, 0.15) is 12.8 Å². The lowest BCUT2D eigenvalue weighted by Crippen LogP contribution is -2.39. The van der Waals surface area contributed by atoms with Gasteiger partial charge in [0.15, 0.2) is 9.84 Å². The molecular formula is C8H15NO4S. The van der Waals surface area contributed by atoms with E-state index in [1.54, 1.807) is 0 Å². The van der Waals surface area contributed by atoms with Crippen molar-refractivity contribution in [3.63, 3.8) is 0 Å². The summed E-state index contributed by atoms with van der Waals surface area (Å²) < 4.78 is 23.0. The van der Waals surface area contributed by atoms with Crippen molar-refractivity contribution in [2.45, 2.75) is 18.1 Å². The molecule has 0 bridgehead atoms. The second kappa shape index (κ2) is 4.27. The van der Waals surface area contributed by atoms with E-state index in [1.165, 1.54) is 0 Å².